The van der Waals surface area contributed by atoms with E-state index >= 15 is 0 Å². The molecular weight excluding hydrogens is 226 g/mol. The lowest BCUT2D eigenvalue weighted by Gasteiger charge is -2.06. The van der Waals surface area contributed by atoms with E-state index in [1.54, 1.807) is 0 Å². The van der Waals surface area contributed by atoms with Crippen LogP contribution in [0.4, 0.5) is 0 Å². The Hall–Kier alpha value is -0.900. The number of nitrogens with two attached hydrogens (primary N) is 1. The number of aromatic nitrogens is 2. The van der Waals surface area contributed by atoms with Crippen LogP contribution in [0.2, 0.25) is 0 Å². The van der Waals surface area contributed by atoms with E-state index in [9.17, 15) is 0 Å². The van der Waals surface area contributed by atoms with E-state index in [4.69, 9.17) is 10.3 Å². The first-order valence-corrected chi connectivity index (χ1v) is 7.31. The van der Waals surface area contributed by atoms with Gasteiger partial charge < -0.3 is 10.3 Å². The molecule has 1 heterocycles. The number of hydrogen-bond acceptors (Lipinski definition) is 4. The molecule has 1 aromatic rings. The van der Waals surface area contributed by atoms with Gasteiger partial charge in [0.05, 0.1) is 0 Å². The van der Waals surface area contributed by atoms with Gasteiger partial charge in [0.15, 0.2) is 5.82 Å². The molecule has 4 nitrogen and oxygen atoms in total. The summed E-state index contributed by atoms with van der Waals surface area (Å²) in [5.74, 6) is 2.98. The Balaban J connectivity index is 1.90. The standard InChI is InChI=1S/C14H25N3O/c1-3-5-12(15)9-13-16-14(17-18-13)11-7-6-10(4-2)8-11/h10-12H,3-9,15H2,1-2H3. The number of hydrogen-bond donors (Lipinski definition) is 1. The monoisotopic (exact) mass is 251 g/mol. The number of rotatable bonds is 6. The van der Waals surface area contributed by atoms with Crippen LogP contribution in [-0.2, 0) is 6.42 Å². The summed E-state index contributed by atoms with van der Waals surface area (Å²) < 4.78 is 5.32. The average Bonchev–Trinajstić information content (AvgIpc) is 2.96. The molecule has 18 heavy (non-hydrogen) atoms. The second-order valence-electron chi connectivity index (χ2n) is 5.58. The van der Waals surface area contributed by atoms with Gasteiger partial charge in [0.1, 0.15) is 0 Å². The largest absolute Gasteiger partial charge is 0.339 e. The van der Waals surface area contributed by atoms with Crippen molar-refractivity contribution in [1.29, 1.82) is 0 Å². The molecular formula is C14H25N3O. The number of nitrogens with zero attached hydrogens (tertiary/aromatic N) is 2. The maximum atomic E-state index is 5.99. The van der Waals surface area contributed by atoms with Crippen molar-refractivity contribution in [2.45, 2.75) is 70.8 Å². The van der Waals surface area contributed by atoms with Gasteiger partial charge in [0.2, 0.25) is 5.89 Å². The van der Waals surface area contributed by atoms with E-state index in [1.165, 1.54) is 25.7 Å². The zero-order valence-electron chi connectivity index (χ0n) is 11.6. The summed E-state index contributed by atoms with van der Waals surface area (Å²) in [6.45, 7) is 4.40. The molecule has 4 heteroatoms. The summed E-state index contributed by atoms with van der Waals surface area (Å²) in [5, 5.41) is 4.14. The molecule has 3 unspecified atom stereocenters. The molecule has 102 valence electrons. The molecule has 1 aromatic heterocycles. The Kier molecular flexibility index (Phi) is 4.75. The molecule has 1 fully saturated rings. The Morgan fingerprint density at radius 1 is 1.39 bits per heavy atom. The van der Waals surface area contributed by atoms with Gasteiger partial charge in [-0.25, -0.2) is 0 Å². The Morgan fingerprint density at radius 2 is 2.22 bits per heavy atom. The van der Waals surface area contributed by atoms with Crippen LogP contribution in [0.15, 0.2) is 4.52 Å². The normalized spacial score (nSPS) is 25.5. The quantitative estimate of drug-likeness (QED) is 0.844. The molecule has 0 saturated heterocycles. The maximum Gasteiger partial charge on any atom is 0.228 e. The molecule has 2 N–H and O–H groups in total. The van der Waals surface area contributed by atoms with Crippen LogP contribution < -0.4 is 5.73 Å². The molecule has 1 saturated carbocycles. The lowest BCUT2D eigenvalue weighted by molar-refractivity contribution is 0.358. The van der Waals surface area contributed by atoms with Gasteiger partial charge in [-0.2, -0.15) is 4.98 Å². The Morgan fingerprint density at radius 3 is 2.89 bits per heavy atom. The minimum absolute atomic E-state index is 0.148. The third kappa shape index (κ3) is 3.31. The first-order valence-electron chi connectivity index (χ1n) is 7.31. The first-order chi connectivity index (χ1) is 8.72. The van der Waals surface area contributed by atoms with Crippen molar-refractivity contribution in [3.05, 3.63) is 11.7 Å². The van der Waals surface area contributed by atoms with Crippen LogP contribution in [0.3, 0.4) is 0 Å². The summed E-state index contributed by atoms with van der Waals surface area (Å²) in [5.41, 5.74) is 5.99. The van der Waals surface area contributed by atoms with Crippen LogP contribution in [0.1, 0.15) is 70.0 Å². The Bertz CT molecular complexity index is 364. The molecule has 0 spiro atoms. The summed E-state index contributed by atoms with van der Waals surface area (Å²) in [6, 6.07) is 0.148. The topological polar surface area (TPSA) is 64.9 Å². The van der Waals surface area contributed by atoms with Crippen molar-refractivity contribution in [2.75, 3.05) is 0 Å². The fourth-order valence-electron chi connectivity index (χ4n) is 2.89. The van der Waals surface area contributed by atoms with E-state index in [2.05, 4.69) is 24.0 Å². The summed E-state index contributed by atoms with van der Waals surface area (Å²) in [4.78, 5) is 4.53. The van der Waals surface area contributed by atoms with Gasteiger partial charge in [-0.05, 0) is 31.6 Å². The SMILES string of the molecule is CCCC(N)Cc1nc(C2CCC(CC)C2)no1. The van der Waals surface area contributed by atoms with Gasteiger partial charge in [-0.1, -0.05) is 31.8 Å². The third-order valence-electron chi connectivity index (χ3n) is 4.06. The smallest absolute Gasteiger partial charge is 0.228 e. The zero-order valence-corrected chi connectivity index (χ0v) is 11.6. The van der Waals surface area contributed by atoms with E-state index in [1.807, 2.05) is 0 Å². The van der Waals surface area contributed by atoms with Crippen molar-refractivity contribution >= 4 is 0 Å². The summed E-state index contributed by atoms with van der Waals surface area (Å²) >= 11 is 0. The molecule has 0 amide bonds. The highest BCUT2D eigenvalue weighted by molar-refractivity contribution is 5.00. The molecule has 0 aromatic carbocycles. The second kappa shape index (κ2) is 6.32. The van der Waals surface area contributed by atoms with E-state index in [0.717, 1.165) is 24.6 Å². The van der Waals surface area contributed by atoms with Gasteiger partial charge in [-0.3, -0.25) is 0 Å². The van der Waals surface area contributed by atoms with Crippen LogP contribution in [-0.4, -0.2) is 16.2 Å². The van der Waals surface area contributed by atoms with Crippen LogP contribution in [0.25, 0.3) is 0 Å². The molecule has 3 atom stereocenters. The van der Waals surface area contributed by atoms with Gasteiger partial charge >= 0.3 is 0 Å². The lowest BCUT2D eigenvalue weighted by Crippen LogP contribution is -2.22. The second-order valence-corrected chi connectivity index (χ2v) is 5.58. The van der Waals surface area contributed by atoms with E-state index < -0.39 is 0 Å². The molecule has 1 aliphatic carbocycles. The summed E-state index contributed by atoms with van der Waals surface area (Å²) in [6.07, 6.45) is 7.82. The van der Waals surface area contributed by atoms with Gasteiger partial charge in [0.25, 0.3) is 0 Å². The van der Waals surface area contributed by atoms with Crippen molar-refractivity contribution in [3.63, 3.8) is 0 Å². The van der Waals surface area contributed by atoms with Crippen molar-refractivity contribution < 1.29 is 4.52 Å². The highest BCUT2D eigenvalue weighted by Crippen LogP contribution is 2.38. The molecule has 0 radical (unpaired) electrons. The van der Waals surface area contributed by atoms with Gasteiger partial charge in [0, 0.05) is 18.4 Å². The first kappa shape index (κ1) is 13.5. The fourth-order valence-corrected chi connectivity index (χ4v) is 2.89. The van der Waals surface area contributed by atoms with E-state index in [0.29, 0.717) is 18.2 Å². The summed E-state index contributed by atoms with van der Waals surface area (Å²) in [7, 11) is 0. The molecule has 0 bridgehead atoms. The van der Waals surface area contributed by atoms with Crippen molar-refractivity contribution in [1.82, 2.24) is 10.1 Å². The third-order valence-corrected chi connectivity index (χ3v) is 4.06. The van der Waals surface area contributed by atoms with Crippen LogP contribution in [0, 0.1) is 5.92 Å². The molecule has 1 aliphatic rings. The maximum absolute atomic E-state index is 5.99. The molecule has 0 aliphatic heterocycles. The predicted octanol–water partition coefficient (Wildman–Crippen LogP) is 3.03. The average molecular weight is 251 g/mol. The lowest BCUT2D eigenvalue weighted by atomic mass is 10.0. The van der Waals surface area contributed by atoms with Gasteiger partial charge in [-0.15, -0.1) is 0 Å². The van der Waals surface area contributed by atoms with E-state index in [-0.39, 0.29) is 6.04 Å². The van der Waals surface area contributed by atoms with Crippen molar-refractivity contribution in [3.8, 4) is 0 Å². The van der Waals surface area contributed by atoms with Crippen LogP contribution in [0.5, 0.6) is 0 Å². The minimum Gasteiger partial charge on any atom is -0.339 e. The van der Waals surface area contributed by atoms with Crippen molar-refractivity contribution in [2.24, 2.45) is 11.7 Å². The molecule has 2 rings (SSSR count). The highest BCUT2D eigenvalue weighted by Gasteiger charge is 2.28. The minimum atomic E-state index is 0.148. The fraction of sp³-hybridized carbons (Fsp3) is 0.857. The Labute approximate surface area is 109 Å². The predicted molar refractivity (Wildman–Crippen MR) is 71.3 cm³/mol. The van der Waals surface area contributed by atoms with Crippen LogP contribution >= 0.6 is 0 Å². The highest BCUT2D eigenvalue weighted by atomic mass is 16.5. The zero-order chi connectivity index (χ0) is 13.0.